The summed E-state index contributed by atoms with van der Waals surface area (Å²) in [5, 5.41) is 5.99. The molecule has 0 radical (unpaired) electrons. The topological polar surface area (TPSA) is 94.2 Å². The number of likely N-dealkylation sites (N-methyl/N-ethyl adjacent to an activating group) is 1. The molecule has 192 valence electrons. The molecular weight excluding hydrogens is 446 g/mol. The molecule has 9 heteroatoms. The Bertz CT molecular complexity index is 982. The molecule has 0 unspecified atom stereocenters. The van der Waals surface area contributed by atoms with Crippen molar-refractivity contribution in [3.8, 4) is 0 Å². The molecule has 0 spiro atoms. The summed E-state index contributed by atoms with van der Waals surface area (Å²) in [6.45, 7) is 14.1. The van der Waals surface area contributed by atoms with Crippen LogP contribution in [-0.2, 0) is 9.53 Å². The Morgan fingerprint density at radius 3 is 2.40 bits per heavy atom. The first kappa shape index (κ1) is 26.5. The van der Waals surface area contributed by atoms with Crippen LogP contribution in [0.15, 0.2) is 35.5 Å². The number of urea groups is 2. The molecule has 0 aromatic heterocycles. The summed E-state index contributed by atoms with van der Waals surface area (Å²) < 4.78 is 5.42. The van der Waals surface area contributed by atoms with Crippen LogP contribution >= 0.6 is 0 Å². The van der Waals surface area contributed by atoms with Crippen LogP contribution in [0.5, 0.6) is 0 Å². The van der Waals surface area contributed by atoms with Gasteiger partial charge in [0.1, 0.15) is 0 Å². The van der Waals surface area contributed by atoms with Crippen molar-refractivity contribution in [1.82, 2.24) is 25.3 Å². The zero-order valence-corrected chi connectivity index (χ0v) is 22.0. The van der Waals surface area contributed by atoms with E-state index in [0.717, 1.165) is 11.1 Å². The highest BCUT2D eigenvalue weighted by Gasteiger charge is 2.38. The molecule has 2 aliphatic rings. The van der Waals surface area contributed by atoms with E-state index < -0.39 is 12.0 Å². The Kier molecular flexibility index (Phi) is 8.10. The first-order valence-electron chi connectivity index (χ1n) is 12.2. The van der Waals surface area contributed by atoms with Gasteiger partial charge in [0, 0.05) is 50.5 Å². The number of hydrogen-bond donors (Lipinski definition) is 2. The van der Waals surface area contributed by atoms with Gasteiger partial charge in [-0.25, -0.2) is 14.4 Å². The van der Waals surface area contributed by atoms with E-state index >= 15 is 0 Å². The smallest absolute Gasteiger partial charge is 0.338 e. The van der Waals surface area contributed by atoms with Crippen LogP contribution in [0.2, 0.25) is 0 Å². The van der Waals surface area contributed by atoms with Gasteiger partial charge in [0.2, 0.25) is 0 Å². The lowest BCUT2D eigenvalue weighted by Crippen LogP contribution is -2.59. The maximum absolute atomic E-state index is 13.2. The van der Waals surface area contributed by atoms with Crippen molar-refractivity contribution >= 4 is 18.0 Å². The van der Waals surface area contributed by atoms with E-state index in [-0.39, 0.29) is 30.2 Å². The molecule has 35 heavy (non-hydrogen) atoms. The highest BCUT2D eigenvalue weighted by molar-refractivity contribution is 5.95. The van der Waals surface area contributed by atoms with E-state index in [1.54, 1.807) is 14.0 Å². The average Bonchev–Trinajstić information content (AvgIpc) is 2.76. The molecule has 0 saturated carbocycles. The molecule has 1 saturated heterocycles. The number of esters is 1. The molecule has 1 fully saturated rings. The van der Waals surface area contributed by atoms with Gasteiger partial charge in [-0.2, -0.15) is 0 Å². The summed E-state index contributed by atoms with van der Waals surface area (Å²) in [4.78, 5) is 44.3. The van der Waals surface area contributed by atoms with E-state index in [2.05, 4.69) is 15.5 Å². The van der Waals surface area contributed by atoms with E-state index in [1.165, 1.54) is 4.90 Å². The molecule has 1 aromatic rings. The van der Waals surface area contributed by atoms with Gasteiger partial charge in [0.05, 0.1) is 18.2 Å². The van der Waals surface area contributed by atoms with Crippen LogP contribution in [0.25, 0.3) is 0 Å². The van der Waals surface area contributed by atoms with Gasteiger partial charge in [-0.3, -0.25) is 9.80 Å². The van der Waals surface area contributed by atoms with E-state index in [1.807, 2.05) is 63.8 Å². The van der Waals surface area contributed by atoms with Crippen molar-refractivity contribution in [3.63, 3.8) is 0 Å². The number of carbonyl (C=O) groups is 3. The zero-order valence-electron chi connectivity index (χ0n) is 22.0. The highest BCUT2D eigenvalue weighted by Crippen LogP contribution is 2.32. The third kappa shape index (κ3) is 6.33. The Hall–Kier alpha value is -3.07. The van der Waals surface area contributed by atoms with Gasteiger partial charge in [-0.05, 0) is 47.1 Å². The second-order valence-electron chi connectivity index (χ2n) is 10.4. The summed E-state index contributed by atoms with van der Waals surface area (Å²) in [6, 6.07) is 6.82. The summed E-state index contributed by atoms with van der Waals surface area (Å²) >= 11 is 0. The first-order chi connectivity index (χ1) is 16.4. The number of aryl methyl sites for hydroxylation is 1. The van der Waals surface area contributed by atoms with E-state index in [0.29, 0.717) is 37.4 Å². The molecule has 0 bridgehead atoms. The SMILES string of the molecule is CCOC(=O)C1=C(CN2CCN(C(=O)NC(C)(C)C)[C@@H](C)C2)N(C)C(=O)N[C@@H]1c1ccc(C)cc1. The first-order valence-corrected chi connectivity index (χ1v) is 12.2. The van der Waals surface area contributed by atoms with Gasteiger partial charge < -0.3 is 20.3 Å². The minimum atomic E-state index is -0.593. The molecule has 2 N–H and O–H groups in total. The number of rotatable bonds is 5. The minimum absolute atomic E-state index is 0.0200. The standard InChI is InChI=1S/C26H39N5O4/c1-8-35-23(32)21-20(29(7)24(33)27-22(21)19-11-9-17(2)10-12-19)16-30-13-14-31(18(3)15-30)25(34)28-26(4,5)6/h9-12,18,22H,8,13-16H2,1-7H3,(H,27,33)(H,28,34)/t18-,22+/m0/s1. The van der Waals surface area contributed by atoms with Crippen LogP contribution in [0, 0.1) is 6.92 Å². The van der Waals surface area contributed by atoms with Crippen molar-refractivity contribution in [2.24, 2.45) is 0 Å². The maximum atomic E-state index is 13.2. The average molecular weight is 486 g/mol. The third-order valence-corrected chi connectivity index (χ3v) is 6.31. The fraction of sp³-hybridized carbons (Fsp3) is 0.577. The molecule has 9 nitrogen and oxygen atoms in total. The molecule has 1 aromatic carbocycles. The molecule has 0 aliphatic carbocycles. The molecular formula is C26H39N5O4. The van der Waals surface area contributed by atoms with Crippen molar-refractivity contribution < 1.29 is 19.1 Å². The van der Waals surface area contributed by atoms with Gasteiger partial charge in [-0.1, -0.05) is 29.8 Å². The normalized spacial score (nSPS) is 21.6. The van der Waals surface area contributed by atoms with Crippen LogP contribution in [-0.4, -0.2) is 84.1 Å². The van der Waals surface area contributed by atoms with Crippen molar-refractivity contribution in [2.75, 3.05) is 39.8 Å². The predicted octanol–water partition coefficient (Wildman–Crippen LogP) is 3.02. The third-order valence-electron chi connectivity index (χ3n) is 6.31. The number of hydrogen-bond acceptors (Lipinski definition) is 5. The van der Waals surface area contributed by atoms with Gasteiger partial charge >= 0.3 is 18.0 Å². The lowest BCUT2D eigenvalue weighted by atomic mass is 9.93. The molecule has 4 amide bonds. The van der Waals surface area contributed by atoms with Gasteiger partial charge in [0.25, 0.3) is 0 Å². The number of nitrogens with zero attached hydrogens (tertiary/aromatic N) is 3. The minimum Gasteiger partial charge on any atom is -0.463 e. The van der Waals surface area contributed by atoms with Crippen LogP contribution in [0.4, 0.5) is 9.59 Å². The van der Waals surface area contributed by atoms with Crippen molar-refractivity contribution in [1.29, 1.82) is 0 Å². The fourth-order valence-corrected chi connectivity index (χ4v) is 4.49. The number of ether oxygens (including phenoxy) is 1. The number of carbonyl (C=O) groups excluding carboxylic acids is 3. The van der Waals surface area contributed by atoms with Crippen molar-refractivity contribution in [2.45, 2.75) is 59.2 Å². The summed E-state index contributed by atoms with van der Waals surface area (Å²) in [5.41, 5.74) is 2.68. The molecule has 3 rings (SSSR count). The highest BCUT2D eigenvalue weighted by atomic mass is 16.5. The quantitative estimate of drug-likeness (QED) is 0.626. The Labute approximate surface area is 208 Å². The molecule has 2 atom stereocenters. The van der Waals surface area contributed by atoms with Crippen LogP contribution < -0.4 is 10.6 Å². The molecule has 2 aliphatic heterocycles. The zero-order chi connectivity index (χ0) is 25.9. The van der Waals surface area contributed by atoms with E-state index in [4.69, 9.17) is 4.74 Å². The Balaban J connectivity index is 1.88. The van der Waals surface area contributed by atoms with Crippen molar-refractivity contribution in [3.05, 3.63) is 46.7 Å². The van der Waals surface area contributed by atoms with E-state index in [9.17, 15) is 14.4 Å². The fourth-order valence-electron chi connectivity index (χ4n) is 4.49. The largest absolute Gasteiger partial charge is 0.463 e. The molecule has 2 heterocycles. The van der Waals surface area contributed by atoms with Crippen LogP contribution in [0.1, 0.15) is 51.8 Å². The van der Waals surface area contributed by atoms with Gasteiger partial charge in [-0.15, -0.1) is 0 Å². The Morgan fingerprint density at radius 2 is 1.83 bits per heavy atom. The lowest BCUT2D eigenvalue weighted by molar-refractivity contribution is -0.139. The number of amides is 4. The second kappa shape index (κ2) is 10.7. The lowest BCUT2D eigenvalue weighted by Gasteiger charge is -2.43. The predicted molar refractivity (Wildman–Crippen MR) is 135 cm³/mol. The summed E-state index contributed by atoms with van der Waals surface area (Å²) in [6.07, 6.45) is 0. The maximum Gasteiger partial charge on any atom is 0.338 e. The number of piperazine rings is 1. The van der Waals surface area contributed by atoms with Gasteiger partial charge in [0.15, 0.2) is 0 Å². The number of nitrogens with one attached hydrogen (secondary N) is 2. The monoisotopic (exact) mass is 485 g/mol. The summed E-state index contributed by atoms with van der Waals surface area (Å²) in [7, 11) is 1.67. The second-order valence-corrected chi connectivity index (χ2v) is 10.4. The van der Waals surface area contributed by atoms with Crippen LogP contribution in [0.3, 0.4) is 0 Å². The Morgan fingerprint density at radius 1 is 1.17 bits per heavy atom. The summed E-state index contributed by atoms with van der Waals surface area (Å²) in [5.74, 6) is -0.434. The number of benzene rings is 1.